The van der Waals surface area contributed by atoms with Gasteiger partial charge >= 0.3 is 0 Å². The molecule has 3 rings (SSSR count). The molecule has 1 heterocycles. The molecule has 0 N–H and O–H groups in total. The van der Waals surface area contributed by atoms with Gasteiger partial charge in [0.1, 0.15) is 5.82 Å². The summed E-state index contributed by atoms with van der Waals surface area (Å²) in [5, 5.41) is 10.8. The smallest absolute Gasteiger partial charge is 0.282 e. The van der Waals surface area contributed by atoms with Crippen LogP contribution >= 0.6 is 11.8 Å². The third-order valence-corrected chi connectivity index (χ3v) is 6.29. The minimum atomic E-state index is -4.19. The van der Waals surface area contributed by atoms with Gasteiger partial charge in [-0.1, -0.05) is 18.2 Å². The van der Waals surface area contributed by atoms with E-state index in [0.29, 0.717) is 5.56 Å². The second-order valence-electron chi connectivity index (χ2n) is 5.97. The Bertz CT molecular complexity index is 1190. The fraction of sp³-hybridized carbons (Fsp3) is 0.0526. The molecule has 2 aromatic rings. The van der Waals surface area contributed by atoms with Gasteiger partial charge in [-0.05, 0) is 47.7 Å². The van der Waals surface area contributed by atoms with E-state index >= 15 is 0 Å². The number of nitro benzene ring substituents is 1. The van der Waals surface area contributed by atoms with Crippen LogP contribution in [0.3, 0.4) is 0 Å². The first-order valence-corrected chi connectivity index (χ1v) is 10.6. The minimum Gasteiger partial charge on any atom is -0.282 e. The summed E-state index contributed by atoms with van der Waals surface area (Å²) in [6, 6.07) is 9.81. The molecule has 2 aromatic carbocycles. The van der Waals surface area contributed by atoms with Crippen LogP contribution in [-0.2, 0) is 14.8 Å². The molecule has 0 spiro atoms. The molecule has 0 saturated carbocycles. The predicted molar refractivity (Wildman–Crippen MR) is 112 cm³/mol. The molecule has 0 bridgehead atoms. The average molecular weight is 447 g/mol. The highest BCUT2D eigenvalue weighted by atomic mass is 32.2. The number of halogens is 1. The highest BCUT2D eigenvalue weighted by Crippen LogP contribution is 2.34. The molecule has 11 heteroatoms. The van der Waals surface area contributed by atoms with Crippen molar-refractivity contribution in [3.63, 3.8) is 0 Å². The van der Waals surface area contributed by atoms with Gasteiger partial charge in [-0.2, -0.15) is 8.42 Å². The number of hydrogen-bond acceptors (Lipinski definition) is 6. The van der Waals surface area contributed by atoms with Crippen LogP contribution in [0.5, 0.6) is 0 Å². The Morgan fingerprint density at radius 3 is 2.57 bits per heavy atom. The Kier molecular flexibility index (Phi) is 6.13. The molecule has 1 amide bonds. The van der Waals surface area contributed by atoms with E-state index in [4.69, 9.17) is 0 Å². The zero-order chi connectivity index (χ0) is 21.9. The summed E-state index contributed by atoms with van der Waals surface area (Å²) >= 11 is 0.817. The van der Waals surface area contributed by atoms with Crippen LogP contribution in [0.1, 0.15) is 5.56 Å². The number of carbonyl (C=O) groups is 1. The number of benzene rings is 2. The maximum absolute atomic E-state index is 13.1. The first kappa shape index (κ1) is 21.4. The number of carbonyl (C=O) groups excluding carboxylic acids is 1. The van der Waals surface area contributed by atoms with E-state index in [1.54, 1.807) is 6.07 Å². The zero-order valence-electron chi connectivity index (χ0n) is 15.3. The molecule has 0 atom stereocenters. The molecule has 0 aliphatic carbocycles. The number of nitro groups is 1. The van der Waals surface area contributed by atoms with Crippen molar-refractivity contribution in [3.8, 4) is 0 Å². The Morgan fingerprint density at radius 1 is 1.23 bits per heavy atom. The minimum absolute atomic E-state index is 0.00980. The quantitative estimate of drug-likeness (QED) is 0.290. The number of non-ortho nitro benzene ring substituents is 1. The van der Waals surface area contributed by atoms with Gasteiger partial charge in [0.05, 0.1) is 14.7 Å². The van der Waals surface area contributed by atoms with Crippen molar-refractivity contribution in [1.82, 2.24) is 4.90 Å². The summed E-state index contributed by atoms with van der Waals surface area (Å²) in [4.78, 5) is 24.2. The standard InChI is InChI=1S/C19H14FN3O5S2/c1-2-10-22-18(24)17(12-13-4-3-5-15(11-13)23(25)26)29-19(22)21-30(27,28)16-8-6-14(20)7-9-16/h2-9,11-12H,1,10H2. The molecule has 30 heavy (non-hydrogen) atoms. The fourth-order valence-electron chi connectivity index (χ4n) is 2.51. The van der Waals surface area contributed by atoms with Crippen LogP contribution in [0.2, 0.25) is 0 Å². The van der Waals surface area contributed by atoms with E-state index in [2.05, 4.69) is 11.0 Å². The van der Waals surface area contributed by atoms with Crippen LogP contribution in [0, 0.1) is 15.9 Å². The van der Waals surface area contributed by atoms with Crippen molar-refractivity contribution in [1.29, 1.82) is 0 Å². The lowest BCUT2D eigenvalue weighted by atomic mass is 10.2. The normalized spacial score (nSPS) is 17.0. The lowest BCUT2D eigenvalue weighted by Gasteiger charge is -2.12. The van der Waals surface area contributed by atoms with Crippen molar-refractivity contribution in [2.24, 2.45) is 4.40 Å². The van der Waals surface area contributed by atoms with E-state index in [9.17, 15) is 27.7 Å². The van der Waals surface area contributed by atoms with Crippen LogP contribution in [0.25, 0.3) is 6.08 Å². The van der Waals surface area contributed by atoms with E-state index in [0.717, 1.165) is 40.9 Å². The molecular formula is C19H14FN3O5S2. The first-order chi connectivity index (χ1) is 14.2. The first-order valence-electron chi connectivity index (χ1n) is 8.38. The molecule has 0 radical (unpaired) electrons. The highest BCUT2D eigenvalue weighted by molar-refractivity contribution is 8.19. The SMILES string of the molecule is C=CCN1C(=O)C(=Cc2cccc([N+](=O)[O-])c2)SC1=NS(=O)(=O)c1ccc(F)cc1. The highest BCUT2D eigenvalue weighted by Gasteiger charge is 2.34. The van der Waals surface area contributed by atoms with Gasteiger partial charge in [-0.3, -0.25) is 19.8 Å². The van der Waals surface area contributed by atoms with Crippen molar-refractivity contribution in [2.45, 2.75) is 4.90 Å². The monoisotopic (exact) mass is 447 g/mol. The summed E-state index contributed by atoms with van der Waals surface area (Å²) in [5.41, 5.74) is 0.261. The fourth-order valence-corrected chi connectivity index (χ4v) is 4.70. The molecule has 8 nitrogen and oxygen atoms in total. The van der Waals surface area contributed by atoms with Crippen LogP contribution in [-0.4, -0.2) is 35.9 Å². The lowest BCUT2D eigenvalue weighted by Crippen LogP contribution is -2.29. The van der Waals surface area contributed by atoms with Gasteiger partial charge in [0, 0.05) is 18.7 Å². The number of amides is 1. The van der Waals surface area contributed by atoms with E-state index in [-0.39, 0.29) is 27.2 Å². The average Bonchev–Trinajstić information content (AvgIpc) is 2.97. The summed E-state index contributed by atoms with van der Waals surface area (Å²) in [6.45, 7) is 3.56. The van der Waals surface area contributed by atoms with E-state index in [1.807, 2.05) is 0 Å². The number of hydrogen-bond donors (Lipinski definition) is 0. The van der Waals surface area contributed by atoms with Crippen molar-refractivity contribution in [2.75, 3.05) is 6.54 Å². The topological polar surface area (TPSA) is 110 Å². The molecule has 1 aliphatic heterocycles. The molecule has 1 saturated heterocycles. The maximum atomic E-state index is 13.1. The Labute approximate surface area is 175 Å². The zero-order valence-corrected chi connectivity index (χ0v) is 16.9. The molecule has 154 valence electrons. The van der Waals surface area contributed by atoms with Gasteiger partial charge in [-0.25, -0.2) is 4.39 Å². The third-order valence-electron chi connectivity index (χ3n) is 3.89. The number of nitrogens with zero attached hydrogens (tertiary/aromatic N) is 3. The molecule has 0 unspecified atom stereocenters. The van der Waals surface area contributed by atoms with Crippen molar-refractivity contribution >= 4 is 44.6 Å². The van der Waals surface area contributed by atoms with Crippen LogP contribution < -0.4 is 0 Å². The molecular weight excluding hydrogens is 433 g/mol. The second-order valence-corrected chi connectivity index (χ2v) is 8.58. The number of rotatable bonds is 6. The van der Waals surface area contributed by atoms with E-state index < -0.39 is 26.7 Å². The van der Waals surface area contributed by atoms with Gasteiger partial charge in [0.15, 0.2) is 5.17 Å². The van der Waals surface area contributed by atoms with Crippen LogP contribution in [0.15, 0.2) is 75.4 Å². The Hall–Kier alpha value is -3.31. The number of thioether (sulfide) groups is 1. The summed E-state index contributed by atoms with van der Waals surface area (Å²) in [5.74, 6) is -1.11. The molecule has 1 fully saturated rings. The second kappa shape index (κ2) is 8.59. The van der Waals surface area contributed by atoms with Crippen molar-refractivity contribution < 1.29 is 22.5 Å². The maximum Gasteiger partial charge on any atom is 0.284 e. The van der Waals surface area contributed by atoms with E-state index in [1.165, 1.54) is 30.4 Å². The Morgan fingerprint density at radius 2 is 1.93 bits per heavy atom. The number of sulfonamides is 1. The van der Waals surface area contributed by atoms with Gasteiger partial charge < -0.3 is 0 Å². The summed E-state index contributed by atoms with van der Waals surface area (Å²) in [7, 11) is -4.19. The predicted octanol–water partition coefficient (Wildman–Crippen LogP) is 3.58. The van der Waals surface area contributed by atoms with Gasteiger partial charge in [0.25, 0.3) is 21.6 Å². The summed E-state index contributed by atoms with van der Waals surface area (Å²) in [6.07, 6.45) is 2.83. The molecule has 1 aliphatic rings. The van der Waals surface area contributed by atoms with Gasteiger partial charge in [0.2, 0.25) is 0 Å². The van der Waals surface area contributed by atoms with Crippen LogP contribution in [0.4, 0.5) is 10.1 Å². The number of amidine groups is 1. The summed E-state index contributed by atoms with van der Waals surface area (Å²) < 4.78 is 41.9. The lowest BCUT2D eigenvalue weighted by molar-refractivity contribution is -0.384. The Balaban J connectivity index is 1.99. The van der Waals surface area contributed by atoms with Gasteiger partial charge in [-0.15, -0.1) is 11.0 Å². The third kappa shape index (κ3) is 4.63. The molecule has 0 aromatic heterocycles. The largest absolute Gasteiger partial charge is 0.284 e. The van der Waals surface area contributed by atoms with Crippen molar-refractivity contribution in [3.05, 3.63) is 87.6 Å².